The minimum atomic E-state index is -0.413. The molecule has 0 unspecified atom stereocenters. The highest BCUT2D eigenvalue weighted by atomic mass is 35.5. The molecule has 0 bridgehead atoms. The van der Waals surface area contributed by atoms with Crippen molar-refractivity contribution in [2.45, 2.75) is 0 Å². The van der Waals surface area contributed by atoms with E-state index in [4.69, 9.17) is 11.6 Å². The summed E-state index contributed by atoms with van der Waals surface area (Å²) in [7, 11) is 0. The van der Waals surface area contributed by atoms with Gasteiger partial charge in [-0.15, -0.1) is 0 Å². The van der Waals surface area contributed by atoms with Crippen LogP contribution in [-0.4, -0.2) is 9.97 Å². The van der Waals surface area contributed by atoms with Gasteiger partial charge in [-0.25, -0.2) is 9.37 Å². The third-order valence-corrected chi connectivity index (χ3v) is 1.97. The maximum atomic E-state index is 13.4. The number of rotatable bonds is 1. The largest absolute Gasteiger partial charge is 0.256 e. The maximum Gasteiger partial charge on any atom is 0.137 e. The molecule has 2 aromatic rings. The average molecular weight is 209 g/mol. The van der Waals surface area contributed by atoms with E-state index in [0.717, 1.165) is 0 Å². The molecule has 2 rings (SSSR count). The zero-order valence-corrected chi connectivity index (χ0v) is 7.87. The third kappa shape index (κ3) is 1.72. The van der Waals surface area contributed by atoms with Crippen LogP contribution in [-0.2, 0) is 0 Å². The molecule has 14 heavy (non-hydrogen) atoms. The van der Waals surface area contributed by atoms with Crippen molar-refractivity contribution in [1.82, 2.24) is 9.97 Å². The summed E-state index contributed by atoms with van der Waals surface area (Å²) in [5.41, 5.74) is 0.907. The van der Waals surface area contributed by atoms with Crippen LogP contribution in [0.15, 0.2) is 36.7 Å². The van der Waals surface area contributed by atoms with Gasteiger partial charge < -0.3 is 0 Å². The summed E-state index contributed by atoms with van der Waals surface area (Å²) in [4.78, 5) is 7.82. The van der Waals surface area contributed by atoms with Crippen molar-refractivity contribution >= 4 is 11.6 Å². The molecular weight excluding hydrogens is 203 g/mol. The van der Waals surface area contributed by atoms with Gasteiger partial charge in [-0.1, -0.05) is 17.7 Å². The van der Waals surface area contributed by atoms with Crippen molar-refractivity contribution in [2.24, 2.45) is 0 Å². The Kier molecular flexibility index (Phi) is 2.41. The van der Waals surface area contributed by atoms with Crippen LogP contribution in [0, 0.1) is 5.82 Å². The predicted octanol–water partition coefficient (Wildman–Crippen LogP) is 2.94. The molecule has 0 saturated heterocycles. The highest BCUT2D eigenvalue weighted by molar-refractivity contribution is 6.29. The normalized spacial score (nSPS) is 10.1. The van der Waals surface area contributed by atoms with Gasteiger partial charge in [0.25, 0.3) is 0 Å². The van der Waals surface area contributed by atoms with Gasteiger partial charge in [-0.3, -0.25) is 4.98 Å². The minimum Gasteiger partial charge on any atom is -0.256 e. The second-order valence-electron chi connectivity index (χ2n) is 2.70. The smallest absolute Gasteiger partial charge is 0.137 e. The van der Waals surface area contributed by atoms with Gasteiger partial charge in [-0.2, -0.15) is 0 Å². The summed E-state index contributed by atoms with van der Waals surface area (Å²) in [6, 6.07) is 6.45. The topological polar surface area (TPSA) is 25.8 Å². The van der Waals surface area contributed by atoms with Gasteiger partial charge in [-0.05, 0) is 12.1 Å². The minimum absolute atomic E-state index is 0.141. The Bertz CT molecular complexity index is 445. The van der Waals surface area contributed by atoms with Crippen molar-refractivity contribution in [3.05, 3.63) is 47.6 Å². The van der Waals surface area contributed by atoms with E-state index in [9.17, 15) is 4.39 Å². The van der Waals surface area contributed by atoms with Gasteiger partial charge in [0, 0.05) is 18.5 Å². The molecule has 0 spiro atoms. The number of aromatic nitrogens is 2. The fraction of sp³-hybridized carbons (Fsp3) is 0. The van der Waals surface area contributed by atoms with Gasteiger partial charge in [0.2, 0.25) is 0 Å². The van der Waals surface area contributed by atoms with Gasteiger partial charge in [0.15, 0.2) is 0 Å². The fourth-order valence-electron chi connectivity index (χ4n) is 1.12. The SMILES string of the molecule is Fc1cc(Cl)ncc1-c1ccccn1. The molecule has 0 atom stereocenters. The first-order chi connectivity index (χ1) is 6.77. The Labute approximate surface area is 85.4 Å². The Hall–Kier alpha value is -1.48. The molecule has 2 nitrogen and oxygen atoms in total. The van der Waals surface area contributed by atoms with Crippen molar-refractivity contribution in [2.75, 3.05) is 0 Å². The van der Waals surface area contributed by atoms with E-state index < -0.39 is 5.82 Å². The number of halogens is 2. The van der Waals surface area contributed by atoms with E-state index in [1.165, 1.54) is 12.3 Å². The molecular formula is C10H6ClFN2. The molecule has 4 heteroatoms. The van der Waals surface area contributed by atoms with E-state index in [1.54, 1.807) is 24.4 Å². The monoisotopic (exact) mass is 208 g/mol. The van der Waals surface area contributed by atoms with Crippen LogP contribution in [0.4, 0.5) is 4.39 Å². The lowest BCUT2D eigenvalue weighted by Gasteiger charge is -2.01. The lowest BCUT2D eigenvalue weighted by molar-refractivity contribution is 0.628. The first-order valence-electron chi connectivity index (χ1n) is 4.00. The summed E-state index contributed by atoms with van der Waals surface area (Å²) < 4.78 is 13.4. The van der Waals surface area contributed by atoms with E-state index >= 15 is 0 Å². The molecule has 70 valence electrons. The van der Waals surface area contributed by atoms with Crippen molar-refractivity contribution in [3.8, 4) is 11.3 Å². The van der Waals surface area contributed by atoms with E-state index in [0.29, 0.717) is 11.3 Å². The van der Waals surface area contributed by atoms with Crippen molar-refractivity contribution in [1.29, 1.82) is 0 Å². The molecule has 2 aromatic heterocycles. The molecule has 0 amide bonds. The molecule has 0 aromatic carbocycles. The van der Waals surface area contributed by atoms with E-state index in [1.807, 2.05) is 0 Å². The first kappa shape index (κ1) is 9.09. The van der Waals surface area contributed by atoms with E-state index in [-0.39, 0.29) is 5.15 Å². The molecule has 0 radical (unpaired) electrons. The second kappa shape index (κ2) is 3.72. The van der Waals surface area contributed by atoms with Crippen LogP contribution < -0.4 is 0 Å². The predicted molar refractivity (Wildman–Crippen MR) is 52.4 cm³/mol. The summed E-state index contributed by atoms with van der Waals surface area (Å²) in [6.45, 7) is 0. The molecule has 0 aliphatic carbocycles. The lowest BCUT2D eigenvalue weighted by atomic mass is 10.2. The molecule has 0 aliphatic rings. The number of nitrogens with zero attached hydrogens (tertiary/aromatic N) is 2. The average Bonchev–Trinajstić information content (AvgIpc) is 2.19. The Balaban J connectivity index is 2.53. The van der Waals surface area contributed by atoms with Gasteiger partial charge in [0.05, 0.1) is 11.3 Å². The van der Waals surface area contributed by atoms with Crippen LogP contribution in [0.5, 0.6) is 0 Å². The summed E-state index contributed by atoms with van der Waals surface area (Å²) in [6.07, 6.45) is 2.98. The van der Waals surface area contributed by atoms with Crippen molar-refractivity contribution in [3.63, 3.8) is 0 Å². The van der Waals surface area contributed by atoms with Gasteiger partial charge in [0.1, 0.15) is 11.0 Å². The zero-order chi connectivity index (χ0) is 9.97. The first-order valence-corrected chi connectivity index (χ1v) is 4.37. The number of pyridine rings is 2. The van der Waals surface area contributed by atoms with Crippen LogP contribution in [0.3, 0.4) is 0 Å². The molecule has 0 aliphatic heterocycles. The zero-order valence-electron chi connectivity index (χ0n) is 7.11. The quantitative estimate of drug-likeness (QED) is 0.674. The molecule has 0 saturated carbocycles. The lowest BCUT2D eigenvalue weighted by Crippen LogP contribution is -1.88. The van der Waals surface area contributed by atoms with Crippen LogP contribution in [0.25, 0.3) is 11.3 Å². The molecule has 0 fully saturated rings. The Morgan fingerprint density at radius 2 is 2.07 bits per heavy atom. The third-order valence-electron chi connectivity index (χ3n) is 1.76. The number of hydrogen-bond donors (Lipinski definition) is 0. The highest BCUT2D eigenvalue weighted by Crippen LogP contribution is 2.20. The van der Waals surface area contributed by atoms with Gasteiger partial charge >= 0.3 is 0 Å². The van der Waals surface area contributed by atoms with Crippen molar-refractivity contribution < 1.29 is 4.39 Å². The van der Waals surface area contributed by atoms with E-state index in [2.05, 4.69) is 9.97 Å². The fourth-order valence-corrected chi connectivity index (χ4v) is 1.26. The Morgan fingerprint density at radius 3 is 2.71 bits per heavy atom. The van der Waals surface area contributed by atoms with Crippen LogP contribution in [0.2, 0.25) is 5.15 Å². The molecule has 0 N–H and O–H groups in total. The summed E-state index contributed by atoms with van der Waals surface area (Å²) in [5.74, 6) is -0.413. The summed E-state index contributed by atoms with van der Waals surface area (Å²) >= 11 is 5.53. The van der Waals surface area contributed by atoms with Crippen LogP contribution in [0.1, 0.15) is 0 Å². The maximum absolute atomic E-state index is 13.4. The molecule has 2 heterocycles. The second-order valence-corrected chi connectivity index (χ2v) is 3.09. The highest BCUT2D eigenvalue weighted by Gasteiger charge is 2.06. The van der Waals surface area contributed by atoms with Crippen LogP contribution >= 0.6 is 11.6 Å². The summed E-state index contributed by atoms with van der Waals surface area (Å²) in [5, 5.41) is 0.141. The Morgan fingerprint density at radius 1 is 1.21 bits per heavy atom. The standard InChI is InChI=1S/C10H6ClFN2/c11-10-5-8(12)7(6-14-10)9-3-1-2-4-13-9/h1-6H. The number of hydrogen-bond acceptors (Lipinski definition) is 2.